The summed E-state index contributed by atoms with van der Waals surface area (Å²) in [5, 5.41) is 6.51. The van der Waals surface area contributed by atoms with Crippen LogP contribution in [-0.2, 0) is 0 Å². The zero-order valence-electron chi connectivity index (χ0n) is 11.3. The van der Waals surface area contributed by atoms with Crippen LogP contribution >= 0.6 is 11.6 Å². The normalized spacial score (nSPS) is 16.1. The standard InChI is InChI=1S/C15H21ClN2O/c1-17-15(19)13-9-12(7-8-14(13)16)18-10-11-5-3-2-4-6-11/h7-9,11,18H,2-6,10H2,1H3,(H,17,19). The molecule has 1 aliphatic rings. The number of carbonyl (C=O) groups excluding carboxylic acids is 1. The lowest BCUT2D eigenvalue weighted by atomic mass is 9.89. The van der Waals surface area contributed by atoms with Gasteiger partial charge in [-0.15, -0.1) is 0 Å². The Bertz CT molecular complexity index is 442. The van der Waals surface area contributed by atoms with E-state index in [0.717, 1.165) is 18.2 Å². The Morgan fingerprint density at radius 2 is 2.05 bits per heavy atom. The van der Waals surface area contributed by atoms with E-state index in [4.69, 9.17) is 11.6 Å². The molecule has 2 N–H and O–H groups in total. The summed E-state index contributed by atoms with van der Waals surface area (Å²) in [6.07, 6.45) is 6.68. The second kappa shape index (κ2) is 6.80. The molecule has 1 saturated carbocycles. The molecule has 0 saturated heterocycles. The summed E-state index contributed by atoms with van der Waals surface area (Å²) in [5.41, 5.74) is 1.49. The topological polar surface area (TPSA) is 41.1 Å². The summed E-state index contributed by atoms with van der Waals surface area (Å²) in [7, 11) is 1.61. The first-order valence-electron chi connectivity index (χ1n) is 6.96. The lowest BCUT2D eigenvalue weighted by molar-refractivity contribution is 0.0963. The molecule has 0 spiro atoms. The summed E-state index contributed by atoms with van der Waals surface area (Å²) < 4.78 is 0. The Morgan fingerprint density at radius 3 is 2.74 bits per heavy atom. The van der Waals surface area contributed by atoms with Gasteiger partial charge in [-0.2, -0.15) is 0 Å². The molecule has 1 fully saturated rings. The minimum absolute atomic E-state index is 0.147. The number of amides is 1. The van der Waals surface area contributed by atoms with Gasteiger partial charge in [-0.25, -0.2) is 0 Å². The molecule has 0 unspecified atom stereocenters. The Morgan fingerprint density at radius 1 is 1.32 bits per heavy atom. The minimum Gasteiger partial charge on any atom is -0.385 e. The van der Waals surface area contributed by atoms with Crippen molar-refractivity contribution in [2.75, 3.05) is 18.9 Å². The Kier molecular flexibility index (Phi) is 5.08. The molecule has 1 aromatic carbocycles. The predicted molar refractivity (Wildman–Crippen MR) is 79.9 cm³/mol. The van der Waals surface area contributed by atoms with Gasteiger partial charge in [0.05, 0.1) is 10.6 Å². The van der Waals surface area contributed by atoms with Gasteiger partial charge < -0.3 is 10.6 Å². The molecule has 0 aliphatic heterocycles. The van der Waals surface area contributed by atoms with Crippen LogP contribution < -0.4 is 10.6 Å². The first-order valence-corrected chi connectivity index (χ1v) is 7.34. The highest BCUT2D eigenvalue weighted by atomic mass is 35.5. The maximum Gasteiger partial charge on any atom is 0.252 e. The number of nitrogens with one attached hydrogen (secondary N) is 2. The molecule has 2 rings (SSSR count). The fraction of sp³-hybridized carbons (Fsp3) is 0.533. The highest BCUT2D eigenvalue weighted by molar-refractivity contribution is 6.34. The molecule has 1 aliphatic carbocycles. The van der Waals surface area contributed by atoms with Crippen LogP contribution in [0, 0.1) is 5.92 Å². The Balaban J connectivity index is 1.98. The van der Waals surface area contributed by atoms with Crippen molar-refractivity contribution in [3.8, 4) is 0 Å². The smallest absolute Gasteiger partial charge is 0.252 e. The van der Waals surface area contributed by atoms with Crippen molar-refractivity contribution in [1.29, 1.82) is 0 Å². The minimum atomic E-state index is -0.147. The van der Waals surface area contributed by atoms with E-state index in [0.29, 0.717) is 10.6 Å². The fourth-order valence-electron chi connectivity index (χ4n) is 2.60. The summed E-state index contributed by atoms with van der Waals surface area (Å²) in [5.74, 6) is 0.610. The van der Waals surface area contributed by atoms with Gasteiger partial charge in [0.25, 0.3) is 5.91 Å². The Labute approximate surface area is 119 Å². The van der Waals surface area contributed by atoms with Gasteiger partial charge in [0.2, 0.25) is 0 Å². The lowest BCUT2D eigenvalue weighted by Gasteiger charge is -2.22. The van der Waals surface area contributed by atoms with E-state index < -0.39 is 0 Å². The van der Waals surface area contributed by atoms with Crippen molar-refractivity contribution < 1.29 is 4.79 Å². The van der Waals surface area contributed by atoms with E-state index in [1.54, 1.807) is 13.1 Å². The third-order valence-electron chi connectivity index (χ3n) is 3.76. The van der Waals surface area contributed by atoms with Gasteiger partial charge >= 0.3 is 0 Å². The fourth-order valence-corrected chi connectivity index (χ4v) is 2.80. The van der Waals surface area contributed by atoms with Crippen molar-refractivity contribution in [3.63, 3.8) is 0 Å². The average molecular weight is 281 g/mol. The quantitative estimate of drug-likeness (QED) is 0.883. The van der Waals surface area contributed by atoms with Crippen molar-refractivity contribution in [3.05, 3.63) is 28.8 Å². The van der Waals surface area contributed by atoms with Crippen LogP contribution in [-0.4, -0.2) is 19.5 Å². The highest BCUT2D eigenvalue weighted by Crippen LogP contribution is 2.25. The summed E-state index contributed by atoms with van der Waals surface area (Å²) in [4.78, 5) is 11.7. The van der Waals surface area contributed by atoms with Crippen LogP contribution in [0.1, 0.15) is 42.5 Å². The average Bonchev–Trinajstić information content (AvgIpc) is 2.46. The van der Waals surface area contributed by atoms with Gasteiger partial charge in [0.1, 0.15) is 0 Å². The number of benzene rings is 1. The van der Waals surface area contributed by atoms with E-state index in [1.165, 1.54) is 32.1 Å². The van der Waals surface area contributed by atoms with Gasteiger partial charge in [0.15, 0.2) is 0 Å². The maximum absolute atomic E-state index is 11.7. The van der Waals surface area contributed by atoms with Gasteiger partial charge in [-0.05, 0) is 37.0 Å². The van der Waals surface area contributed by atoms with E-state index in [2.05, 4.69) is 10.6 Å². The lowest BCUT2D eigenvalue weighted by Crippen LogP contribution is -2.19. The summed E-state index contributed by atoms with van der Waals surface area (Å²) >= 11 is 6.03. The molecule has 0 atom stereocenters. The molecule has 4 heteroatoms. The van der Waals surface area contributed by atoms with Gasteiger partial charge in [-0.3, -0.25) is 4.79 Å². The van der Waals surface area contributed by atoms with Crippen LogP contribution in [0.3, 0.4) is 0 Å². The largest absolute Gasteiger partial charge is 0.385 e. The van der Waals surface area contributed by atoms with Crippen molar-refractivity contribution >= 4 is 23.2 Å². The predicted octanol–water partition coefficient (Wildman–Crippen LogP) is 3.69. The first kappa shape index (κ1) is 14.2. The molecule has 104 valence electrons. The monoisotopic (exact) mass is 280 g/mol. The third kappa shape index (κ3) is 3.87. The maximum atomic E-state index is 11.7. The van der Waals surface area contributed by atoms with Gasteiger partial charge in [-0.1, -0.05) is 30.9 Å². The molecular formula is C15H21ClN2O. The second-order valence-electron chi connectivity index (χ2n) is 5.16. The Hall–Kier alpha value is -1.22. The van der Waals surface area contributed by atoms with Crippen molar-refractivity contribution in [1.82, 2.24) is 5.32 Å². The number of carbonyl (C=O) groups is 1. The van der Waals surface area contributed by atoms with Crippen molar-refractivity contribution in [2.45, 2.75) is 32.1 Å². The third-order valence-corrected chi connectivity index (χ3v) is 4.09. The van der Waals surface area contributed by atoms with E-state index in [9.17, 15) is 4.79 Å². The summed E-state index contributed by atoms with van der Waals surface area (Å²) in [6.45, 7) is 0.981. The molecule has 3 nitrogen and oxygen atoms in total. The highest BCUT2D eigenvalue weighted by Gasteiger charge is 2.14. The SMILES string of the molecule is CNC(=O)c1cc(NCC2CCCCC2)ccc1Cl. The zero-order valence-corrected chi connectivity index (χ0v) is 12.1. The van der Waals surface area contributed by atoms with Gasteiger partial charge in [0, 0.05) is 19.3 Å². The number of anilines is 1. The molecule has 0 radical (unpaired) electrons. The van der Waals surface area contributed by atoms with Crippen LogP contribution in [0.2, 0.25) is 5.02 Å². The molecule has 1 amide bonds. The first-order chi connectivity index (χ1) is 9.20. The van der Waals surface area contributed by atoms with Crippen molar-refractivity contribution in [2.24, 2.45) is 5.92 Å². The molecule has 0 bridgehead atoms. The van der Waals surface area contributed by atoms with Crippen LogP contribution in [0.25, 0.3) is 0 Å². The van der Waals surface area contributed by atoms with E-state index in [-0.39, 0.29) is 5.91 Å². The number of rotatable bonds is 4. The summed E-state index contributed by atoms with van der Waals surface area (Å²) in [6, 6.07) is 5.52. The van der Waals surface area contributed by atoms with Crippen LogP contribution in [0.5, 0.6) is 0 Å². The molecule has 19 heavy (non-hydrogen) atoms. The zero-order chi connectivity index (χ0) is 13.7. The van der Waals surface area contributed by atoms with Crippen LogP contribution in [0.15, 0.2) is 18.2 Å². The second-order valence-corrected chi connectivity index (χ2v) is 5.57. The number of hydrogen-bond acceptors (Lipinski definition) is 2. The van der Waals surface area contributed by atoms with Crippen LogP contribution in [0.4, 0.5) is 5.69 Å². The molecule has 1 aromatic rings. The molecule has 0 heterocycles. The van der Waals surface area contributed by atoms with E-state index >= 15 is 0 Å². The molecule has 0 aromatic heterocycles. The number of halogens is 1. The molecular weight excluding hydrogens is 260 g/mol. The number of hydrogen-bond donors (Lipinski definition) is 2. The van der Waals surface area contributed by atoms with E-state index in [1.807, 2.05) is 12.1 Å².